The molecule has 2 aliphatic heterocycles. The smallest absolute Gasteiger partial charge is 0.244 e. The number of nitrogens with one attached hydrogen (secondary N) is 1. The third-order valence-corrected chi connectivity index (χ3v) is 9.44. The van der Waals surface area contributed by atoms with E-state index in [1.165, 1.54) is 28.1 Å². The summed E-state index contributed by atoms with van der Waals surface area (Å²) in [5.41, 5.74) is 0.951. The van der Waals surface area contributed by atoms with Crippen molar-refractivity contribution in [1.82, 2.24) is 4.31 Å². The van der Waals surface area contributed by atoms with Crippen molar-refractivity contribution in [2.75, 3.05) is 37.0 Å². The number of carbonyl (C=O) groups excluding carboxylic acids is 2. The van der Waals surface area contributed by atoms with Crippen LogP contribution in [0.3, 0.4) is 0 Å². The molecule has 0 aromatic heterocycles. The Bertz CT molecular complexity index is 1210. The predicted octanol–water partition coefficient (Wildman–Crippen LogP) is 3.97. The first-order valence-corrected chi connectivity index (χ1v) is 14.0. The van der Waals surface area contributed by atoms with Gasteiger partial charge in [0, 0.05) is 29.7 Å². The Morgan fingerprint density at radius 3 is 2.57 bits per heavy atom. The van der Waals surface area contributed by atoms with Crippen LogP contribution in [0.4, 0.5) is 11.4 Å². The summed E-state index contributed by atoms with van der Waals surface area (Å²) >= 11 is 1.51. The van der Waals surface area contributed by atoms with Crippen molar-refractivity contribution in [2.45, 2.75) is 48.2 Å². The summed E-state index contributed by atoms with van der Waals surface area (Å²) in [6.07, 6.45) is 1.89. The lowest BCUT2D eigenvalue weighted by Gasteiger charge is -2.30. The number of methoxy groups -OCH3 is 1. The van der Waals surface area contributed by atoms with Crippen LogP contribution in [0.2, 0.25) is 0 Å². The summed E-state index contributed by atoms with van der Waals surface area (Å²) < 4.78 is 33.6. The Labute approximate surface area is 211 Å². The van der Waals surface area contributed by atoms with E-state index in [1.54, 1.807) is 42.5 Å². The topological polar surface area (TPSA) is 96.0 Å². The zero-order chi connectivity index (χ0) is 25.2. The standard InChI is InChI=1S/C25H31N3O5S2/c1-17-10-12-27(13-11-17)35(31,32)19-8-9-23-21(15-19)28(25(30)14-18(2)34-23)16-24(29)26-20-6-4-5-7-22(20)33-3/h4-9,15,17-18H,10-14,16H2,1-3H3,(H,26,29)/t18-/m0/s1. The molecule has 0 saturated carbocycles. The molecular weight excluding hydrogens is 486 g/mol. The highest BCUT2D eigenvalue weighted by atomic mass is 32.2. The van der Waals surface area contributed by atoms with Gasteiger partial charge in [-0.3, -0.25) is 9.59 Å². The largest absolute Gasteiger partial charge is 0.495 e. The monoisotopic (exact) mass is 517 g/mol. The first kappa shape index (κ1) is 25.5. The molecule has 1 N–H and O–H groups in total. The van der Waals surface area contributed by atoms with Crippen molar-refractivity contribution >= 4 is 45.0 Å². The number of benzene rings is 2. The van der Waals surface area contributed by atoms with Gasteiger partial charge in [0.25, 0.3) is 0 Å². The van der Waals surface area contributed by atoms with Gasteiger partial charge in [-0.05, 0) is 49.1 Å². The van der Waals surface area contributed by atoms with Gasteiger partial charge in [-0.25, -0.2) is 8.42 Å². The molecule has 2 heterocycles. The van der Waals surface area contributed by atoms with E-state index in [4.69, 9.17) is 4.74 Å². The molecule has 2 aromatic rings. The Hall–Kier alpha value is -2.56. The van der Waals surface area contributed by atoms with Crippen LogP contribution in [0.1, 0.15) is 33.1 Å². The molecule has 4 rings (SSSR count). The first-order chi connectivity index (χ1) is 16.7. The molecule has 8 nitrogen and oxygen atoms in total. The second kappa shape index (κ2) is 10.6. The summed E-state index contributed by atoms with van der Waals surface area (Å²) in [5, 5.41) is 2.80. The SMILES string of the molecule is COc1ccccc1NC(=O)CN1C(=O)C[C@H](C)Sc2ccc(S(=O)(=O)N3CCC(C)CC3)cc21. The van der Waals surface area contributed by atoms with Crippen LogP contribution >= 0.6 is 11.8 Å². The molecule has 188 valence electrons. The number of sulfonamides is 1. The Kier molecular flexibility index (Phi) is 7.73. The molecule has 2 amide bonds. The number of amides is 2. The van der Waals surface area contributed by atoms with Crippen LogP contribution in [0.5, 0.6) is 5.75 Å². The van der Waals surface area contributed by atoms with Crippen molar-refractivity contribution in [3.05, 3.63) is 42.5 Å². The number of para-hydroxylation sites is 2. The Balaban J connectivity index is 1.64. The minimum absolute atomic E-state index is 0.00503. The fraction of sp³-hybridized carbons (Fsp3) is 0.440. The number of anilines is 2. The third-order valence-electron chi connectivity index (χ3n) is 6.38. The van der Waals surface area contributed by atoms with E-state index < -0.39 is 15.9 Å². The van der Waals surface area contributed by atoms with E-state index in [2.05, 4.69) is 12.2 Å². The molecule has 0 unspecified atom stereocenters. The molecule has 2 aliphatic rings. The molecule has 35 heavy (non-hydrogen) atoms. The number of ether oxygens (including phenoxy) is 1. The van der Waals surface area contributed by atoms with Crippen molar-refractivity contribution in [1.29, 1.82) is 0 Å². The number of hydrogen-bond acceptors (Lipinski definition) is 6. The van der Waals surface area contributed by atoms with Gasteiger partial charge < -0.3 is 15.0 Å². The first-order valence-electron chi connectivity index (χ1n) is 11.7. The molecule has 0 spiro atoms. The summed E-state index contributed by atoms with van der Waals surface area (Å²) in [4.78, 5) is 28.4. The highest BCUT2D eigenvalue weighted by Crippen LogP contribution is 2.40. The predicted molar refractivity (Wildman–Crippen MR) is 138 cm³/mol. The Morgan fingerprint density at radius 2 is 1.86 bits per heavy atom. The number of nitrogens with zero attached hydrogens (tertiary/aromatic N) is 2. The van der Waals surface area contributed by atoms with Crippen molar-refractivity contribution in [3.8, 4) is 5.75 Å². The second-order valence-electron chi connectivity index (χ2n) is 9.08. The minimum atomic E-state index is -3.70. The number of piperidine rings is 1. The summed E-state index contributed by atoms with van der Waals surface area (Å²) in [5.74, 6) is 0.394. The normalized spacial score (nSPS) is 19.7. The van der Waals surface area contributed by atoms with Crippen LogP contribution in [0.15, 0.2) is 52.3 Å². The van der Waals surface area contributed by atoms with Crippen LogP contribution in [-0.4, -0.2) is 56.5 Å². The van der Waals surface area contributed by atoms with Crippen LogP contribution in [0, 0.1) is 5.92 Å². The summed E-state index contributed by atoms with van der Waals surface area (Å²) in [6, 6.07) is 11.9. The highest BCUT2D eigenvalue weighted by molar-refractivity contribution is 8.00. The van der Waals surface area contributed by atoms with Gasteiger partial charge in [0.1, 0.15) is 12.3 Å². The summed E-state index contributed by atoms with van der Waals surface area (Å²) in [6.45, 7) is 4.81. The highest BCUT2D eigenvalue weighted by Gasteiger charge is 2.32. The van der Waals surface area contributed by atoms with Gasteiger partial charge in [-0.15, -0.1) is 11.8 Å². The van der Waals surface area contributed by atoms with Gasteiger partial charge in [-0.1, -0.05) is 26.0 Å². The van der Waals surface area contributed by atoms with E-state index in [0.29, 0.717) is 36.1 Å². The number of fused-ring (bicyclic) bond motifs is 1. The molecular formula is C25H31N3O5S2. The molecule has 1 saturated heterocycles. The van der Waals surface area contributed by atoms with Crippen LogP contribution < -0.4 is 15.0 Å². The lowest BCUT2D eigenvalue weighted by atomic mass is 10.0. The van der Waals surface area contributed by atoms with Gasteiger partial charge in [0.15, 0.2) is 0 Å². The molecule has 0 radical (unpaired) electrons. The maximum absolute atomic E-state index is 13.4. The number of carbonyl (C=O) groups is 2. The van der Waals surface area contributed by atoms with Gasteiger partial charge in [0.2, 0.25) is 21.8 Å². The van der Waals surface area contributed by atoms with Gasteiger partial charge >= 0.3 is 0 Å². The number of rotatable bonds is 6. The van der Waals surface area contributed by atoms with E-state index in [9.17, 15) is 18.0 Å². The van der Waals surface area contributed by atoms with E-state index in [-0.39, 0.29) is 29.0 Å². The maximum atomic E-state index is 13.4. The fourth-order valence-electron chi connectivity index (χ4n) is 4.35. The van der Waals surface area contributed by atoms with E-state index in [0.717, 1.165) is 17.7 Å². The third kappa shape index (κ3) is 5.65. The zero-order valence-corrected chi connectivity index (χ0v) is 21.8. The molecule has 1 atom stereocenters. The second-order valence-corrected chi connectivity index (χ2v) is 12.5. The number of thioether (sulfide) groups is 1. The van der Waals surface area contributed by atoms with Gasteiger partial charge in [-0.2, -0.15) is 4.31 Å². The lowest BCUT2D eigenvalue weighted by molar-refractivity contribution is -0.121. The maximum Gasteiger partial charge on any atom is 0.244 e. The quantitative estimate of drug-likeness (QED) is 0.623. The van der Waals surface area contributed by atoms with Gasteiger partial charge in [0.05, 0.1) is 23.4 Å². The van der Waals surface area contributed by atoms with E-state index in [1.807, 2.05) is 6.92 Å². The van der Waals surface area contributed by atoms with Crippen molar-refractivity contribution < 1.29 is 22.7 Å². The average molecular weight is 518 g/mol. The molecule has 0 aliphatic carbocycles. The van der Waals surface area contributed by atoms with Crippen molar-refractivity contribution in [2.24, 2.45) is 5.92 Å². The minimum Gasteiger partial charge on any atom is -0.495 e. The molecule has 2 aromatic carbocycles. The zero-order valence-electron chi connectivity index (χ0n) is 20.2. The average Bonchev–Trinajstić information content (AvgIpc) is 2.94. The fourth-order valence-corrected chi connectivity index (χ4v) is 6.93. The summed E-state index contributed by atoms with van der Waals surface area (Å²) in [7, 11) is -2.19. The van der Waals surface area contributed by atoms with Crippen molar-refractivity contribution in [3.63, 3.8) is 0 Å². The lowest BCUT2D eigenvalue weighted by Crippen LogP contribution is -2.39. The molecule has 1 fully saturated rings. The van der Waals surface area contributed by atoms with E-state index >= 15 is 0 Å². The molecule has 0 bridgehead atoms. The van der Waals surface area contributed by atoms with Crippen LogP contribution in [-0.2, 0) is 19.6 Å². The Morgan fingerprint density at radius 1 is 1.14 bits per heavy atom. The number of hydrogen-bond donors (Lipinski definition) is 1. The molecule has 10 heteroatoms. The van der Waals surface area contributed by atoms with Crippen LogP contribution in [0.25, 0.3) is 0 Å².